The van der Waals surface area contributed by atoms with Crippen molar-refractivity contribution in [2.75, 3.05) is 0 Å². The van der Waals surface area contributed by atoms with Gasteiger partial charge >= 0.3 is 0 Å². The molecule has 0 aliphatic heterocycles. The lowest BCUT2D eigenvalue weighted by Crippen LogP contribution is -2.06. The largest absolute Gasteiger partial charge is 0.456 e. The minimum Gasteiger partial charge on any atom is -0.456 e. The topological polar surface area (TPSA) is 74.8 Å². The van der Waals surface area contributed by atoms with Gasteiger partial charge in [-0.05, 0) is 83.9 Å². The van der Waals surface area contributed by atoms with Gasteiger partial charge in [0.05, 0.1) is 22.1 Å². The predicted molar refractivity (Wildman–Crippen MR) is 318 cm³/mol. The van der Waals surface area contributed by atoms with Crippen molar-refractivity contribution in [3.05, 3.63) is 237 Å². The fraction of sp³-hybridized carbons (Fsp3) is 0. The molecule has 358 valence electrons. The number of fused-ring (bicyclic) bond motifs is 15. The Labute approximate surface area is 442 Å². The van der Waals surface area contributed by atoms with Crippen LogP contribution in [0.4, 0.5) is 0 Å². The molecule has 11 aromatic carbocycles. The van der Waals surface area contributed by atoms with Crippen molar-refractivity contribution in [2.45, 2.75) is 0 Å². The fourth-order valence-electron chi connectivity index (χ4n) is 12.3. The number of rotatable bonds is 6. The quantitative estimate of drug-likeness (QED) is 0.166. The molecule has 8 heteroatoms. The van der Waals surface area contributed by atoms with Crippen molar-refractivity contribution in [1.82, 2.24) is 24.1 Å². The van der Waals surface area contributed by atoms with Gasteiger partial charge in [0.2, 0.25) is 5.95 Å². The van der Waals surface area contributed by atoms with Crippen molar-refractivity contribution >= 4 is 119 Å². The molecular formula is C69H39N5O2S. The van der Waals surface area contributed by atoms with E-state index in [1.54, 1.807) is 11.3 Å². The maximum absolute atomic E-state index is 7.02. The van der Waals surface area contributed by atoms with Gasteiger partial charge in [0.15, 0.2) is 11.6 Å². The zero-order chi connectivity index (χ0) is 50.3. The Morgan fingerprint density at radius 2 is 0.922 bits per heavy atom. The molecule has 0 N–H and O–H groups in total. The first-order valence-electron chi connectivity index (χ1n) is 25.8. The Bertz CT molecular complexity index is 5260. The molecule has 77 heavy (non-hydrogen) atoms. The van der Waals surface area contributed by atoms with Gasteiger partial charge in [0.1, 0.15) is 22.3 Å². The summed E-state index contributed by atoms with van der Waals surface area (Å²) in [5, 5.41) is 11.1. The van der Waals surface area contributed by atoms with Crippen molar-refractivity contribution in [3.8, 4) is 56.7 Å². The highest BCUT2D eigenvalue weighted by molar-refractivity contribution is 7.25. The minimum absolute atomic E-state index is 0.540. The van der Waals surface area contributed by atoms with Crippen LogP contribution in [0.1, 0.15) is 0 Å². The van der Waals surface area contributed by atoms with Crippen LogP contribution in [0.15, 0.2) is 245 Å². The number of thiophene rings is 1. The SMILES string of the molecule is c1ccc(-n2c3ccccc3c3cccc(-c4ccc(-c5ccc6oc7cccc(-c8nc(-c9ccc%10c(c9)sc9ccccc9%10)nc(-n9c%10ccccc%10c%10ccccc%109)n8)c7c6c5)c5c4oc4ccccc45)c32)cc1. The number of hydrogen-bond donors (Lipinski definition) is 0. The van der Waals surface area contributed by atoms with Crippen LogP contribution in [0.25, 0.3) is 164 Å². The smallest absolute Gasteiger partial charge is 0.238 e. The van der Waals surface area contributed by atoms with E-state index in [1.165, 1.54) is 30.9 Å². The standard InChI is InChI=1S/C69H39N5O2S/c1-2-16-42(17-3-1)73-55-26-9-6-20-46(55)49-23-14-24-50(65(49)73)51-36-35-43(64-52-22-7-12-29-58(52)76-66(51)64)40-33-37-59-54(38-40)63-53(25-15-30-60(63)75-59)68-70-67(41-32-34-48-47-21-8-13-31-61(47)77-62(48)39-41)71-69(72-68)74-56-27-10-4-18-44(56)45-19-5-11-28-57(45)74/h1-39H. The number of furan rings is 2. The van der Waals surface area contributed by atoms with Gasteiger partial charge < -0.3 is 13.4 Å². The highest BCUT2D eigenvalue weighted by Crippen LogP contribution is 2.47. The van der Waals surface area contributed by atoms with E-state index in [2.05, 4.69) is 228 Å². The predicted octanol–water partition coefficient (Wildman–Crippen LogP) is 18.9. The highest BCUT2D eigenvalue weighted by atomic mass is 32.1. The molecule has 0 bridgehead atoms. The molecule has 0 radical (unpaired) electrons. The maximum atomic E-state index is 7.02. The van der Waals surface area contributed by atoms with Crippen LogP contribution < -0.4 is 0 Å². The molecule has 0 fully saturated rings. The molecule has 17 aromatic rings. The zero-order valence-electron chi connectivity index (χ0n) is 41.0. The van der Waals surface area contributed by atoms with Gasteiger partial charge in [-0.2, -0.15) is 9.97 Å². The summed E-state index contributed by atoms with van der Waals surface area (Å²) < 4.78 is 20.8. The molecule has 7 nitrogen and oxygen atoms in total. The number of hydrogen-bond acceptors (Lipinski definition) is 6. The summed E-state index contributed by atoms with van der Waals surface area (Å²) in [7, 11) is 0. The van der Waals surface area contributed by atoms with E-state index in [4.69, 9.17) is 23.8 Å². The summed E-state index contributed by atoms with van der Waals surface area (Å²) in [6, 6.07) is 83.7. The van der Waals surface area contributed by atoms with Crippen molar-refractivity contribution in [3.63, 3.8) is 0 Å². The molecule has 0 amide bonds. The first kappa shape index (κ1) is 42.2. The molecule has 0 saturated heterocycles. The molecule has 0 aliphatic rings. The minimum atomic E-state index is 0.540. The van der Waals surface area contributed by atoms with E-state index in [9.17, 15) is 0 Å². The summed E-state index contributed by atoms with van der Waals surface area (Å²) in [4.78, 5) is 16.2. The van der Waals surface area contributed by atoms with Crippen LogP contribution in [0.3, 0.4) is 0 Å². The molecule has 6 aromatic heterocycles. The van der Waals surface area contributed by atoms with E-state index in [-0.39, 0.29) is 0 Å². The molecule has 0 saturated carbocycles. The van der Waals surface area contributed by atoms with Crippen LogP contribution >= 0.6 is 11.3 Å². The molecular weight excluding hydrogens is 963 g/mol. The number of nitrogens with zero attached hydrogens (tertiary/aromatic N) is 5. The lowest BCUT2D eigenvalue weighted by Gasteiger charge is -2.13. The highest BCUT2D eigenvalue weighted by Gasteiger charge is 2.25. The van der Waals surface area contributed by atoms with Crippen molar-refractivity contribution in [2.24, 2.45) is 0 Å². The Kier molecular flexibility index (Phi) is 8.87. The lowest BCUT2D eigenvalue weighted by molar-refractivity contribution is 0.669. The van der Waals surface area contributed by atoms with Crippen molar-refractivity contribution in [1.29, 1.82) is 0 Å². The number of para-hydroxylation sites is 6. The van der Waals surface area contributed by atoms with Crippen LogP contribution in [0, 0.1) is 0 Å². The van der Waals surface area contributed by atoms with Gasteiger partial charge in [-0.25, -0.2) is 4.98 Å². The van der Waals surface area contributed by atoms with Gasteiger partial charge in [-0.3, -0.25) is 4.57 Å². The third-order valence-corrected chi connectivity index (χ3v) is 16.7. The second-order valence-corrected chi connectivity index (χ2v) is 20.9. The molecule has 0 unspecified atom stereocenters. The summed E-state index contributed by atoms with van der Waals surface area (Å²) in [5.74, 6) is 1.68. The van der Waals surface area contributed by atoms with E-state index >= 15 is 0 Å². The van der Waals surface area contributed by atoms with Crippen LogP contribution in [0.5, 0.6) is 0 Å². The molecule has 0 aliphatic carbocycles. The van der Waals surface area contributed by atoms with E-state index < -0.39 is 0 Å². The zero-order valence-corrected chi connectivity index (χ0v) is 41.8. The molecule has 6 heterocycles. The summed E-state index contributed by atoms with van der Waals surface area (Å²) in [5.41, 5.74) is 14.6. The number of benzene rings is 11. The third-order valence-electron chi connectivity index (χ3n) is 15.6. The first-order chi connectivity index (χ1) is 38.2. The van der Waals surface area contributed by atoms with E-state index in [1.807, 2.05) is 18.2 Å². The monoisotopic (exact) mass is 1000 g/mol. The van der Waals surface area contributed by atoms with Crippen LogP contribution in [-0.2, 0) is 0 Å². The van der Waals surface area contributed by atoms with Gasteiger partial charge in [-0.15, -0.1) is 11.3 Å². The first-order valence-corrected chi connectivity index (χ1v) is 26.6. The van der Waals surface area contributed by atoms with E-state index in [0.29, 0.717) is 17.6 Å². The Balaban J connectivity index is 0.886. The lowest BCUT2D eigenvalue weighted by atomic mass is 9.93. The summed E-state index contributed by atoms with van der Waals surface area (Å²) >= 11 is 1.79. The van der Waals surface area contributed by atoms with Crippen LogP contribution in [-0.4, -0.2) is 24.1 Å². The molecule has 17 rings (SSSR count). The summed E-state index contributed by atoms with van der Waals surface area (Å²) in [6.45, 7) is 0. The average Bonchev–Trinajstić information content (AvgIpc) is 4.35. The van der Waals surface area contributed by atoms with E-state index in [0.717, 1.165) is 116 Å². The van der Waals surface area contributed by atoms with Gasteiger partial charge in [0, 0.05) is 91.2 Å². The third kappa shape index (κ3) is 6.21. The second-order valence-electron chi connectivity index (χ2n) is 19.8. The van der Waals surface area contributed by atoms with Gasteiger partial charge in [0.25, 0.3) is 0 Å². The van der Waals surface area contributed by atoms with Crippen molar-refractivity contribution < 1.29 is 8.83 Å². The second kappa shape index (κ2) is 16.2. The normalized spacial score (nSPS) is 12.2. The Morgan fingerprint density at radius 1 is 0.325 bits per heavy atom. The summed E-state index contributed by atoms with van der Waals surface area (Å²) in [6.07, 6.45) is 0. The van der Waals surface area contributed by atoms with Crippen LogP contribution in [0.2, 0.25) is 0 Å². The molecule has 0 atom stereocenters. The Morgan fingerprint density at radius 3 is 1.74 bits per heavy atom. The average molecular weight is 1000 g/mol. The molecule has 0 spiro atoms. The van der Waals surface area contributed by atoms with Gasteiger partial charge in [-0.1, -0.05) is 164 Å². The maximum Gasteiger partial charge on any atom is 0.238 e. The Hall–Kier alpha value is -10.2. The fourth-order valence-corrected chi connectivity index (χ4v) is 13.4. The number of aromatic nitrogens is 5.